The van der Waals surface area contributed by atoms with Crippen molar-refractivity contribution < 1.29 is 14.3 Å². The average molecular weight is 320 g/mol. The van der Waals surface area contributed by atoms with Crippen LogP contribution in [0.15, 0.2) is 24.3 Å². The molecule has 0 saturated carbocycles. The topological polar surface area (TPSA) is 83.1 Å². The first-order valence-corrected chi connectivity index (χ1v) is 7.28. The molecule has 0 aliphatic rings. The molecule has 5 nitrogen and oxygen atoms in total. The van der Waals surface area contributed by atoms with E-state index in [1.165, 1.54) is 0 Å². The van der Waals surface area contributed by atoms with Gasteiger partial charge >= 0.3 is 0 Å². The van der Waals surface area contributed by atoms with Crippen molar-refractivity contribution in [1.29, 1.82) is 10.5 Å². The number of benzene rings is 2. The van der Waals surface area contributed by atoms with E-state index in [0.717, 1.165) is 22.3 Å². The standard InChI is InChI=1S/C19H16N2O3/c1-11-5-15(6-12(2)18(11)23-9-20)17(22)16-7-13(3)19(24-10-21)14(4)8-16/h5-8H,1-4H3. The Hall–Kier alpha value is -3.31. The first-order chi connectivity index (χ1) is 11.4. The monoisotopic (exact) mass is 320 g/mol. The quantitative estimate of drug-likeness (QED) is 0.630. The molecule has 0 bridgehead atoms. The van der Waals surface area contributed by atoms with Crippen molar-refractivity contribution in [2.75, 3.05) is 0 Å². The lowest BCUT2D eigenvalue weighted by Crippen LogP contribution is -2.05. The number of nitrogens with zero attached hydrogens (tertiary/aromatic N) is 2. The van der Waals surface area contributed by atoms with Gasteiger partial charge in [-0.15, -0.1) is 10.5 Å². The summed E-state index contributed by atoms with van der Waals surface area (Å²) in [5, 5.41) is 17.4. The maximum absolute atomic E-state index is 12.8. The van der Waals surface area contributed by atoms with E-state index in [-0.39, 0.29) is 5.78 Å². The van der Waals surface area contributed by atoms with E-state index >= 15 is 0 Å². The second kappa shape index (κ2) is 6.85. The summed E-state index contributed by atoms with van der Waals surface area (Å²) in [6.45, 7) is 7.15. The molecule has 0 heterocycles. The highest BCUT2D eigenvalue weighted by molar-refractivity contribution is 6.09. The molecule has 0 unspecified atom stereocenters. The molecule has 5 heteroatoms. The van der Waals surface area contributed by atoms with Gasteiger partial charge in [-0.1, -0.05) is 0 Å². The molecular formula is C19H16N2O3. The highest BCUT2D eigenvalue weighted by atomic mass is 16.5. The molecule has 2 aromatic rings. The fraction of sp³-hybridized carbons (Fsp3) is 0.211. The predicted molar refractivity (Wildman–Crippen MR) is 87.7 cm³/mol. The van der Waals surface area contributed by atoms with Crippen molar-refractivity contribution in [3.63, 3.8) is 0 Å². The van der Waals surface area contributed by atoms with E-state index in [9.17, 15) is 4.79 Å². The summed E-state index contributed by atoms with van der Waals surface area (Å²) in [5.41, 5.74) is 3.91. The summed E-state index contributed by atoms with van der Waals surface area (Å²) < 4.78 is 9.87. The molecule has 0 atom stereocenters. The second-order valence-electron chi connectivity index (χ2n) is 5.59. The van der Waals surface area contributed by atoms with Crippen molar-refractivity contribution in [3.05, 3.63) is 57.6 Å². The smallest absolute Gasteiger partial charge is 0.292 e. The lowest BCUT2D eigenvalue weighted by atomic mass is 9.96. The fourth-order valence-corrected chi connectivity index (χ4v) is 2.74. The normalized spacial score (nSPS) is 9.75. The van der Waals surface area contributed by atoms with E-state index in [4.69, 9.17) is 20.0 Å². The molecule has 0 fully saturated rings. The van der Waals surface area contributed by atoms with Gasteiger partial charge in [0.05, 0.1) is 0 Å². The van der Waals surface area contributed by atoms with Crippen molar-refractivity contribution in [1.82, 2.24) is 0 Å². The van der Waals surface area contributed by atoms with Crippen LogP contribution in [0.2, 0.25) is 0 Å². The van der Waals surface area contributed by atoms with E-state index in [1.54, 1.807) is 64.5 Å². The molecular weight excluding hydrogens is 304 g/mol. The largest absolute Gasteiger partial charge is 0.387 e. The molecule has 120 valence electrons. The maximum atomic E-state index is 12.8. The Morgan fingerprint density at radius 1 is 0.750 bits per heavy atom. The number of aryl methyl sites for hydroxylation is 4. The van der Waals surface area contributed by atoms with Gasteiger partial charge in [0.15, 0.2) is 5.78 Å². The number of rotatable bonds is 4. The van der Waals surface area contributed by atoms with Gasteiger partial charge in [-0.2, -0.15) is 0 Å². The third kappa shape index (κ3) is 3.21. The Kier molecular flexibility index (Phi) is 4.87. The number of hydrogen-bond acceptors (Lipinski definition) is 5. The van der Waals surface area contributed by atoms with Crippen LogP contribution in [0.4, 0.5) is 0 Å². The van der Waals surface area contributed by atoms with Crippen LogP contribution in [0.3, 0.4) is 0 Å². The molecule has 24 heavy (non-hydrogen) atoms. The van der Waals surface area contributed by atoms with Gasteiger partial charge in [-0.3, -0.25) is 4.79 Å². The molecule has 2 aromatic carbocycles. The van der Waals surface area contributed by atoms with Crippen LogP contribution in [0.1, 0.15) is 38.2 Å². The van der Waals surface area contributed by atoms with Gasteiger partial charge in [0.1, 0.15) is 11.5 Å². The zero-order valence-electron chi connectivity index (χ0n) is 13.9. The molecule has 0 aromatic heterocycles. The van der Waals surface area contributed by atoms with Crippen LogP contribution in [0, 0.1) is 50.7 Å². The second-order valence-corrected chi connectivity index (χ2v) is 5.59. The number of carbonyl (C=O) groups is 1. The molecule has 0 aliphatic carbocycles. The Morgan fingerprint density at radius 3 is 1.29 bits per heavy atom. The average Bonchev–Trinajstić information content (AvgIpc) is 2.53. The third-order valence-corrected chi connectivity index (χ3v) is 3.74. The van der Waals surface area contributed by atoms with Crippen molar-refractivity contribution >= 4 is 5.78 Å². The van der Waals surface area contributed by atoms with Gasteiger partial charge in [-0.05, 0) is 74.2 Å². The molecule has 2 rings (SSSR count). The Balaban J connectivity index is 2.47. The minimum Gasteiger partial charge on any atom is -0.387 e. The molecule has 0 aliphatic heterocycles. The van der Waals surface area contributed by atoms with Gasteiger partial charge < -0.3 is 9.47 Å². The van der Waals surface area contributed by atoms with Crippen molar-refractivity contribution in [2.45, 2.75) is 27.7 Å². The molecule has 0 radical (unpaired) electrons. The summed E-state index contributed by atoms with van der Waals surface area (Å²) in [4.78, 5) is 12.8. The van der Waals surface area contributed by atoms with Gasteiger partial charge in [0, 0.05) is 11.1 Å². The van der Waals surface area contributed by atoms with Gasteiger partial charge in [-0.25, -0.2) is 0 Å². The number of hydrogen-bond donors (Lipinski definition) is 0. The Bertz CT molecular complexity index is 782. The highest BCUT2D eigenvalue weighted by Gasteiger charge is 2.16. The van der Waals surface area contributed by atoms with E-state index in [1.807, 2.05) is 0 Å². The molecule has 0 saturated heterocycles. The Labute approximate surface area is 140 Å². The molecule has 0 spiro atoms. The van der Waals surface area contributed by atoms with E-state index in [2.05, 4.69) is 0 Å². The lowest BCUT2D eigenvalue weighted by Gasteiger charge is -2.11. The van der Waals surface area contributed by atoms with E-state index < -0.39 is 0 Å². The van der Waals surface area contributed by atoms with Crippen LogP contribution in [0.25, 0.3) is 0 Å². The van der Waals surface area contributed by atoms with Gasteiger partial charge in [0.2, 0.25) is 0 Å². The summed E-state index contributed by atoms with van der Waals surface area (Å²) >= 11 is 0. The van der Waals surface area contributed by atoms with Crippen LogP contribution >= 0.6 is 0 Å². The molecule has 0 N–H and O–H groups in total. The zero-order valence-corrected chi connectivity index (χ0v) is 13.9. The van der Waals surface area contributed by atoms with Crippen LogP contribution in [-0.2, 0) is 0 Å². The van der Waals surface area contributed by atoms with Crippen LogP contribution in [0.5, 0.6) is 11.5 Å². The number of ether oxygens (including phenoxy) is 2. The summed E-state index contributed by atoms with van der Waals surface area (Å²) in [6, 6.07) is 6.80. The number of carbonyl (C=O) groups excluding carboxylic acids is 1. The zero-order chi connectivity index (χ0) is 17.9. The minimum atomic E-state index is -0.139. The SMILES string of the molecule is Cc1cc(C(=O)c2cc(C)c(OC#N)c(C)c2)cc(C)c1OC#N. The first kappa shape index (κ1) is 17.1. The summed E-state index contributed by atoms with van der Waals surface area (Å²) in [6.07, 6.45) is 3.31. The first-order valence-electron chi connectivity index (χ1n) is 7.28. The fourth-order valence-electron chi connectivity index (χ4n) is 2.74. The van der Waals surface area contributed by atoms with Crippen molar-refractivity contribution in [2.24, 2.45) is 0 Å². The van der Waals surface area contributed by atoms with Crippen molar-refractivity contribution in [3.8, 4) is 24.0 Å². The summed E-state index contributed by atoms with van der Waals surface area (Å²) in [5.74, 6) is 0.803. The van der Waals surface area contributed by atoms with Gasteiger partial charge in [0.25, 0.3) is 12.5 Å². The third-order valence-electron chi connectivity index (χ3n) is 3.74. The molecule has 0 amide bonds. The Morgan fingerprint density at radius 2 is 1.04 bits per heavy atom. The highest BCUT2D eigenvalue weighted by Crippen LogP contribution is 2.28. The van der Waals surface area contributed by atoms with E-state index in [0.29, 0.717) is 22.6 Å². The maximum Gasteiger partial charge on any atom is 0.292 e. The van der Waals surface area contributed by atoms with Crippen LogP contribution < -0.4 is 9.47 Å². The minimum absolute atomic E-state index is 0.139. The number of nitriles is 2. The summed E-state index contributed by atoms with van der Waals surface area (Å²) in [7, 11) is 0. The number of ketones is 1. The lowest BCUT2D eigenvalue weighted by molar-refractivity contribution is 0.103. The predicted octanol–water partition coefficient (Wildman–Crippen LogP) is 3.87. The van der Waals surface area contributed by atoms with Crippen LogP contribution in [-0.4, -0.2) is 5.78 Å².